The molecule has 0 saturated heterocycles. The smallest absolute Gasteiger partial charge is 0.220 e. The first-order chi connectivity index (χ1) is 10.8. The third-order valence-corrected chi connectivity index (χ3v) is 4.08. The summed E-state index contributed by atoms with van der Waals surface area (Å²) >= 11 is 0. The predicted octanol–water partition coefficient (Wildman–Crippen LogP) is 3.01. The third-order valence-electron chi connectivity index (χ3n) is 4.08. The van der Waals surface area contributed by atoms with E-state index in [1.807, 2.05) is 0 Å². The lowest BCUT2D eigenvalue weighted by atomic mass is 9.99. The number of methoxy groups -OCH3 is 1. The van der Waals surface area contributed by atoms with Gasteiger partial charge in [0, 0.05) is 20.1 Å². The maximum atomic E-state index is 12.1. The van der Waals surface area contributed by atoms with Gasteiger partial charge in [0.2, 0.25) is 5.91 Å². The molecule has 0 aromatic heterocycles. The van der Waals surface area contributed by atoms with Crippen molar-refractivity contribution in [1.82, 2.24) is 5.32 Å². The Morgan fingerprint density at radius 3 is 2.95 bits per heavy atom. The Bertz CT molecular complexity index is 461. The maximum Gasteiger partial charge on any atom is 0.220 e. The highest BCUT2D eigenvalue weighted by Crippen LogP contribution is 2.28. The molecule has 1 unspecified atom stereocenters. The van der Waals surface area contributed by atoms with Crippen molar-refractivity contribution in [1.29, 1.82) is 0 Å². The van der Waals surface area contributed by atoms with Crippen molar-refractivity contribution in [2.24, 2.45) is 0 Å². The van der Waals surface area contributed by atoms with Crippen LogP contribution in [0.5, 0.6) is 0 Å². The number of ether oxygens (including phenoxy) is 2. The minimum Gasteiger partial charge on any atom is -0.382 e. The summed E-state index contributed by atoms with van der Waals surface area (Å²) in [4.78, 5) is 12.1. The van der Waals surface area contributed by atoms with Crippen molar-refractivity contribution in [3.8, 4) is 0 Å². The van der Waals surface area contributed by atoms with Crippen LogP contribution in [0.1, 0.15) is 49.3 Å². The van der Waals surface area contributed by atoms with Gasteiger partial charge in [-0.3, -0.25) is 4.79 Å². The molecule has 22 heavy (non-hydrogen) atoms. The first-order valence-electron chi connectivity index (χ1n) is 8.25. The van der Waals surface area contributed by atoms with Crippen LogP contribution in [-0.2, 0) is 20.7 Å². The first kappa shape index (κ1) is 17.0. The molecule has 1 aromatic rings. The summed E-state index contributed by atoms with van der Waals surface area (Å²) in [5, 5.41) is 3.20. The van der Waals surface area contributed by atoms with Crippen molar-refractivity contribution >= 4 is 5.91 Å². The summed E-state index contributed by atoms with van der Waals surface area (Å²) in [6, 6.07) is 8.65. The largest absolute Gasteiger partial charge is 0.382 e. The summed E-state index contributed by atoms with van der Waals surface area (Å²) in [6.45, 7) is 1.80. The first-order valence-corrected chi connectivity index (χ1v) is 8.25. The second-order valence-electron chi connectivity index (χ2n) is 5.77. The summed E-state index contributed by atoms with van der Waals surface area (Å²) < 4.78 is 10.3. The molecule has 0 aliphatic heterocycles. The van der Waals surface area contributed by atoms with Gasteiger partial charge in [-0.25, -0.2) is 0 Å². The molecule has 4 heteroatoms. The van der Waals surface area contributed by atoms with E-state index in [9.17, 15) is 4.79 Å². The SMILES string of the molecule is COCCOCCCC(=O)NC1CCCCc2ccccc21. The molecule has 1 amide bonds. The van der Waals surface area contributed by atoms with Gasteiger partial charge in [0.15, 0.2) is 0 Å². The molecule has 2 rings (SSSR count). The fourth-order valence-electron chi connectivity index (χ4n) is 2.92. The predicted molar refractivity (Wildman–Crippen MR) is 86.8 cm³/mol. The zero-order valence-electron chi connectivity index (χ0n) is 13.5. The van der Waals surface area contributed by atoms with Gasteiger partial charge in [-0.05, 0) is 36.8 Å². The summed E-state index contributed by atoms with van der Waals surface area (Å²) in [5.74, 6) is 0.122. The molecule has 0 heterocycles. The number of rotatable bonds is 8. The van der Waals surface area contributed by atoms with E-state index in [4.69, 9.17) is 9.47 Å². The van der Waals surface area contributed by atoms with Gasteiger partial charge >= 0.3 is 0 Å². The molecule has 0 bridgehead atoms. The Morgan fingerprint density at radius 2 is 2.09 bits per heavy atom. The molecule has 1 atom stereocenters. The number of carbonyl (C=O) groups is 1. The van der Waals surface area contributed by atoms with Crippen molar-refractivity contribution in [2.75, 3.05) is 26.9 Å². The van der Waals surface area contributed by atoms with Crippen LogP contribution in [-0.4, -0.2) is 32.8 Å². The van der Waals surface area contributed by atoms with Gasteiger partial charge in [-0.2, -0.15) is 0 Å². The summed E-state index contributed by atoms with van der Waals surface area (Å²) in [7, 11) is 1.65. The van der Waals surface area contributed by atoms with Crippen molar-refractivity contribution in [3.63, 3.8) is 0 Å². The molecule has 0 spiro atoms. The number of nitrogens with one attached hydrogen (secondary N) is 1. The minimum absolute atomic E-state index is 0.122. The highest BCUT2D eigenvalue weighted by atomic mass is 16.5. The average molecular weight is 305 g/mol. The third kappa shape index (κ3) is 5.43. The Hall–Kier alpha value is -1.39. The molecule has 0 saturated carbocycles. The van der Waals surface area contributed by atoms with E-state index >= 15 is 0 Å². The molecule has 0 fully saturated rings. The lowest BCUT2D eigenvalue weighted by Crippen LogP contribution is -2.28. The summed E-state index contributed by atoms with van der Waals surface area (Å²) in [5.41, 5.74) is 2.68. The van der Waals surface area contributed by atoms with Crippen molar-refractivity contribution in [2.45, 2.75) is 44.6 Å². The number of hydrogen-bond donors (Lipinski definition) is 1. The molecular formula is C18H27NO3. The quantitative estimate of drug-likeness (QED) is 0.593. The second-order valence-corrected chi connectivity index (χ2v) is 5.77. The topological polar surface area (TPSA) is 47.6 Å². The van der Waals surface area contributed by atoms with Crippen LogP contribution >= 0.6 is 0 Å². The van der Waals surface area contributed by atoms with Gasteiger partial charge in [0.1, 0.15) is 0 Å². The molecular weight excluding hydrogens is 278 g/mol. The maximum absolute atomic E-state index is 12.1. The molecule has 1 aliphatic carbocycles. The Kier molecular flexibility index (Phi) is 7.40. The van der Waals surface area contributed by atoms with Gasteiger partial charge in [-0.15, -0.1) is 0 Å². The zero-order valence-corrected chi connectivity index (χ0v) is 13.5. The van der Waals surface area contributed by atoms with Gasteiger partial charge in [0.25, 0.3) is 0 Å². The molecule has 1 aliphatic rings. The standard InChI is InChI=1S/C18H27NO3/c1-21-13-14-22-12-6-11-18(20)19-17-10-5-3-8-15-7-2-4-9-16(15)17/h2,4,7,9,17H,3,5-6,8,10-14H2,1H3,(H,19,20). The lowest BCUT2D eigenvalue weighted by molar-refractivity contribution is -0.122. The number of aryl methyl sites for hydroxylation is 1. The Morgan fingerprint density at radius 1 is 1.23 bits per heavy atom. The average Bonchev–Trinajstić information content (AvgIpc) is 2.73. The Balaban J connectivity index is 1.76. The van der Waals surface area contributed by atoms with Crippen LogP contribution in [0.25, 0.3) is 0 Å². The van der Waals surface area contributed by atoms with Crippen LogP contribution in [0, 0.1) is 0 Å². The number of benzene rings is 1. The van der Waals surface area contributed by atoms with E-state index in [2.05, 4.69) is 29.6 Å². The van der Waals surface area contributed by atoms with Crippen LogP contribution in [0.15, 0.2) is 24.3 Å². The van der Waals surface area contributed by atoms with Crippen molar-refractivity contribution in [3.05, 3.63) is 35.4 Å². The van der Waals surface area contributed by atoms with Crippen LogP contribution < -0.4 is 5.32 Å². The molecule has 1 aromatic carbocycles. The summed E-state index contributed by atoms with van der Waals surface area (Å²) in [6.07, 6.45) is 5.80. The number of fused-ring (bicyclic) bond motifs is 1. The molecule has 122 valence electrons. The minimum atomic E-state index is 0.122. The van der Waals surface area contributed by atoms with Gasteiger partial charge < -0.3 is 14.8 Å². The van der Waals surface area contributed by atoms with E-state index in [1.54, 1.807) is 7.11 Å². The van der Waals surface area contributed by atoms with E-state index < -0.39 is 0 Å². The lowest BCUT2D eigenvalue weighted by Gasteiger charge is -2.19. The highest BCUT2D eigenvalue weighted by Gasteiger charge is 2.19. The van der Waals surface area contributed by atoms with Gasteiger partial charge in [0.05, 0.1) is 19.3 Å². The van der Waals surface area contributed by atoms with E-state index in [-0.39, 0.29) is 11.9 Å². The van der Waals surface area contributed by atoms with Gasteiger partial charge in [-0.1, -0.05) is 30.7 Å². The van der Waals surface area contributed by atoms with Crippen LogP contribution in [0.2, 0.25) is 0 Å². The number of hydrogen-bond acceptors (Lipinski definition) is 3. The monoisotopic (exact) mass is 305 g/mol. The molecule has 4 nitrogen and oxygen atoms in total. The van der Waals surface area contributed by atoms with E-state index in [1.165, 1.54) is 24.0 Å². The number of carbonyl (C=O) groups excluding carboxylic acids is 1. The number of amides is 1. The molecule has 0 radical (unpaired) electrons. The van der Waals surface area contributed by atoms with Crippen LogP contribution in [0.4, 0.5) is 0 Å². The van der Waals surface area contributed by atoms with E-state index in [0.29, 0.717) is 26.2 Å². The Labute approximate surface area is 133 Å². The zero-order chi connectivity index (χ0) is 15.6. The fourth-order valence-corrected chi connectivity index (χ4v) is 2.92. The highest BCUT2D eigenvalue weighted by molar-refractivity contribution is 5.76. The second kappa shape index (κ2) is 9.59. The normalized spacial score (nSPS) is 17.6. The van der Waals surface area contributed by atoms with Crippen molar-refractivity contribution < 1.29 is 14.3 Å². The molecule has 1 N–H and O–H groups in total. The fraction of sp³-hybridized carbons (Fsp3) is 0.611. The van der Waals surface area contributed by atoms with Crippen LogP contribution in [0.3, 0.4) is 0 Å². The van der Waals surface area contributed by atoms with E-state index in [0.717, 1.165) is 19.3 Å².